The Labute approximate surface area is 119 Å². The molecule has 0 aliphatic heterocycles. The smallest absolute Gasteiger partial charge is 0.312 e. The molecule has 3 nitrogen and oxygen atoms in total. The molecule has 0 unspecified atom stereocenters. The number of aryl methyl sites for hydroxylation is 1. The van der Waals surface area contributed by atoms with Crippen LogP contribution in [-0.4, -0.2) is 17.7 Å². The molecule has 0 amide bonds. The Hall–Kier alpha value is -1.22. The number of hydrogen-bond acceptors (Lipinski definition) is 2. The van der Waals surface area contributed by atoms with E-state index in [1.165, 1.54) is 0 Å². The number of ether oxygens (including phenoxy) is 1. The van der Waals surface area contributed by atoms with Gasteiger partial charge in [-0.2, -0.15) is 0 Å². The lowest BCUT2D eigenvalue weighted by Crippen LogP contribution is -2.30. The number of aliphatic carboxylic acids is 1. The van der Waals surface area contributed by atoms with E-state index in [1.807, 2.05) is 19.1 Å². The highest BCUT2D eigenvalue weighted by molar-refractivity contribution is 6.31. The van der Waals surface area contributed by atoms with Gasteiger partial charge in [0, 0.05) is 5.02 Å². The zero-order chi connectivity index (χ0) is 14.8. The summed E-state index contributed by atoms with van der Waals surface area (Å²) in [7, 11) is 0. The van der Waals surface area contributed by atoms with Crippen LogP contribution in [0.4, 0.5) is 0 Å². The number of hydrogen-bond donors (Lipinski definition) is 1. The first kappa shape index (κ1) is 15.8. The summed E-state index contributed by atoms with van der Waals surface area (Å²) in [5.74, 6) is 0.108. The molecule has 1 rings (SSSR count). The molecule has 106 valence electrons. The van der Waals surface area contributed by atoms with Gasteiger partial charge in [-0.15, -0.1) is 0 Å². The van der Waals surface area contributed by atoms with E-state index in [0.717, 1.165) is 11.1 Å². The van der Waals surface area contributed by atoms with Crippen molar-refractivity contribution in [3.8, 4) is 5.75 Å². The summed E-state index contributed by atoms with van der Waals surface area (Å²) in [6, 6.07) is 3.76. The van der Waals surface area contributed by atoms with Crippen LogP contribution < -0.4 is 4.74 Å². The summed E-state index contributed by atoms with van der Waals surface area (Å²) in [5, 5.41) is 9.80. The predicted molar refractivity (Wildman–Crippen MR) is 77.2 cm³/mol. The normalized spacial score (nSPS) is 11.7. The van der Waals surface area contributed by atoms with Gasteiger partial charge in [0.05, 0.1) is 5.41 Å². The Kier molecular flexibility index (Phi) is 4.86. The maximum absolute atomic E-state index is 11.1. The van der Waals surface area contributed by atoms with Crippen LogP contribution in [0, 0.1) is 12.3 Å². The van der Waals surface area contributed by atoms with E-state index in [-0.39, 0.29) is 12.5 Å². The molecule has 0 aliphatic rings. The zero-order valence-electron chi connectivity index (χ0n) is 12.1. The van der Waals surface area contributed by atoms with Crippen molar-refractivity contribution in [1.29, 1.82) is 0 Å². The van der Waals surface area contributed by atoms with E-state index in [9.17, 15) is 4.79 Å². The minimum atomic E-state index is -0.915. The van der Waals surface area contributed by atoms with E-state index >= 15 is 0 Å². The fourth-order valence-corrected chi connectivity index (χ4v) is 1.74. The number of carboxylic acids is 1. The summed E-state index contributed by atoms with van der Waals surface area (Å²) in [5.41, 5.74) is 1.01. The van der Waals surface area contributed by atoms with Gasteiger partial charge < -0.3 is 9.84 Å². The van der Waals surface area contributed by atoms with Crippen LogP contribution in [0.3, 0.4) is 0 Å². The summed E-state index contributed by atoms with van der Waals surface area (Å²) >= 11 is 6.12. The highest BCUT2D eigenvalue weighted by Crippen LogP contribution is 2.33. The van der Waals surface area contributed by atoms with E-state index in [0.29, 0.717) is 10.8 Å². The van der Waals surface area contributed by atoms with E-state index in [1.54, 1.807) is 13.8 Å². The second-order valence-electron chi connectivity index (χ2n) is 5.77. The Morgan fingerprint density at radius 1 is 1.42 bits per heavy atom. The molecule has 0 aromatic heterocycles. The molecule has 1 aromatic rings. The number of rotatable bonds is 5. The van der Waals surface area contributed by atoms with Crippen LogP contribution >= 0.6 is 11.6 Å². The molecule has 0 fully saturated rings. The fraction of sp³-hybridized carbons (Fsp3) is 0.533. The van der Waals surface area contributed by atoms with Crippen molar-refractivity contribution >= 4 is 17.6 Å². The van der Waals surface area contributed by atoms with E-state index < -0.39 is 11.4 Å². The minimum Gasteiger partial charge on any atom is -0.492 e. The Morgan fingerprint density at radius 2 is 2.00 bits per heavy atom. The summed E-state index contributed by atoms with van der Waals surface area (Å²) in [4.78, 5) is 11.1. The fourth-order valence-electron chi connectivity index (χ4n) is 1.57. The van der Waals surface area contributed by atoms with Crippen molar-refractivity contribution in [3.05, 3.63) is 28.3 Å². The minimum absolute atomic E-state index is 0.128. The topological polar surface area (TPSA) is 46.5 Å². The van der Waals surface area contributed by atoms with Gasteiger partial charge in [0.15, 0.2) is 0 Å². The highest BCUT2D eigenvalue weighted by atomic mass is 35.5. The molecule has 4 heteroatoms. The molecule has 1 aromatic carbocycles. The van der Waals surface area contributed by atoms with Gasteiger partial charge in [0.1, 0.15) is 12.4 Å². The maximum Gasteiger partial charge on any atom is 0.312 e. The van der Waals surface area contributed by atoms with Crippen LogP contribution in [0.2, 0.25) is 5.02 Å². The van der Waals surface area contributed by atoms with Gasteiger partial charge in [-0.05, 0) is 49.9 Å². The lowest BCUT2D eigenvalue weighted by Gasteiger charge is -2.22. The maximum atomic E-state index is 11.1. The monoisotopic (exact) mass is 284 g/mol. The van der Waals surface area contributed by atoms with Gasteiger partial charge in [-0.3, -0.25) is 4.79 Å². The summed E-state index contributed by atoms with van der Waals surface area (Å²) < 4.78 is 5.72. The third kappa shape index (κ3) is 3.87. The number of carbonyl (C=O) groups is 1. The van der Waals surface area contributed by atoms with Gasteiger partial charge in [-0.25, -0.2) is 0 Å². The van der Waals surface area contributed by atoms with Crippen molar-refractivity contribution in [2.24, 2.45) is 5.41 Å². The highest BCUT2D eigenvalue weighted by Gasteiger charge is 2.28. The van der Waals surface area contributed by atoms with Crippen molar-refractivity contribution in [1.82, 2.24) is 0 Å². The number of carboxylic acid groups (broad SMARTS) is 1. The zero-order valence-corrected chi connectivity index (χ0v) is 12.8. The third-order valence-electron chi connectivity index (χ3n) is 3.08. The largest absolute Gasteiger partial charge is 0.492 e. The molecule has 0 aliphatic carbocycles. The van der Waals surface area contributed by atoms with Crippen molar-refractivity contribution in [3.63, 3.8) is 0 Å². The molecule has 19 heavy (non-hydrogen) atoms. The second-order valence-corrected chi connectivity index (χ2v) is 6.18. The van der Waals surface area contributed by atoms with Gasteiger partial charge in [0.25, 0.3) is 0 Å². The van der Waals surface area contributed by atoms with Crippen LogP contribution in [-0.2, 0) is 4.79 Å². The second kappa shape index (κ2) is 5.83. The van der Waals surface area contributed by atoms with E-state index in [2.05, 4.69) is 13.8 Å². The first-order valence-electron chi connectivity index (χ1n) is 6.31. The van der Waals surface area contributed by atoms with Gasteiger partial charge in [-0.1, -0.05) is 25.4 Å². The molecule has 0 atom stereocenters. The van der Waals surface area contributed by atoms with Crippen molar-refractivity contribution in [2.45, 2.75) is 40.5 Å². The first-order valence-corrected chi connectivity index (χ1v) is 6.69. The molecule has 0 radical (unpaired) electrons. The Morgan fingerprint density at radius 3 is 2.47 bits per heavy atom. The molecule has 0 bridgehead atoms. The predicted octanol–water partition coefficient (Wildman–Crippen LogP) is 4.26. The molecular weight excluding hydrogens is 264 g/mol. The van der Waals surface area contributed by atoms with Crippen LogP contribution in [0.15, 0.2) is 12.1 Å². The molecular formula is C15H21ClO3. The molecule has 0 heterocycles. The van der Waals surface area contributed by atoms with Crippen LogP contribution in [0.5, 0.6) is 5.75 Å². The summed E-state index contributed by atoms with van der Waals surface area (Å²) in [6.45, 7) is 9.43. The molecule has 0 spiro atoms. The standard InChI is InChI=1S/C15H21ClO3/c1-9(2)11-7-12(16)10(3)6-13(11)19-8-15(4,5)14(17)18/h6-7,9H,8H2,1-5H3,(H,17,18). The molecule has 0 saturated heterocycles. The number of halogens is 1. The van der Waals surface area contributed by atoms with Crippen LogP contribution in [0.1, 0.15) is 44.7 Å². The third-order valence-corrected chi connectivity index (χ3v) is 3.49. The Balaban J connectivity index is 3.01. The Bertz CT molecular complexity index is 479. The lowest BCUT2D eigenvalue weighted by atomic mass is 9.95. The first-order chi connectivity index (χ1) is 8.65. The lowest BCUT2D eigenvalue weighted by molar-refractivity contribution is -0.148. The van der Waals surface area contributed by atoms with E-state index in [4.69, 9.17) is 21.4 Å². The molecule has 1 N–H and O–H groups in total. The number of benzene rings is 1. The average Bonchev–Trinajstić information content (AvgIpc) is 2.29. The van der Waals surface area contributed by atoms with Gasteiger partial charge in [0.2, 0.25) is 0 Å². The quantitative estimate of drug-likeness (QED) is 0.879. The van der Waals surface area contributed by atoms with Crippen LogP contribution in [0.25, 0.3) is 0 Å². The van der Waals surface area contributed by atoms with Crippen molar-refractivity contribution < 1.29 is 14.6 Å². The SMILES string of the molecule is Cc1cc(OCC(C)(C)C(=O)O)c(C(C)C)cc1Cl. The van der Waals surface area contributed by atoms with Gasteiger partial charge >= 0.3 is 5.97 Å². The molecule has 0 saturated carbocycles. The average molecular weight is 285 g/mol. The summed E-state index contributed by atoms with van der Waals surface area (Å²) in [6.07, 6.45) is 0. The van der Waals surface area contributed by atoms with Crippen molar-refractivity contribution in [2.75, 3.05) is 6.61 Å².